The van der Waals surface area contributed by atoms with E-state index in [9.17, 15) is 8.42 Å². The largest absolute Gasteiger partial charge is 0.297 e. The van der Waals surface area contributed by atoms with Crippen molar-refractivity contribution in [2.24, 2.45) is 0 Å². The molecular weight excluding hydrogens is 389 g/mol. The van der Waals surface area contributed by atoms with Gasteiger partial charge in [0.15, 0.2) is 5.82 Å². The molecule has 0 bridgehead atoms. The van der Waals surface area contributed by atoms with E-state index >= 15 is 0 Å². The third-order valence-corrected chi connectivity index (χ3v) is 4.33. The minimum absolute atomic E-state index is 0.257. The van der Waals surface area contributed by atoms with Gasteiger partial charge in [-0.05, 0) is 24.6 Å². The molecule has 2 rings (SSSR count). The van der Waals surface area contributed by atoms with Crippen LogP contribution in [0.5, 0.6) is 0 Å². The summed E-state index contributed by atoms with van der Waals surface area (Å²) in [5.74, 6) is 0.411. The summed E-state index contributed by atoms with van der Waals surface area (Å²) in [6.07, 6.45) is 0.714. The minimum Gasteiger partial charge on any atom is -0.297 e. The van der Waals surface area contributed by atoms with Crippen molar-refractivity contribution in [2.75, 3.05) is 0 Å². The molecule has 108 valence electrons. The van der Waals surface area contributed by atoms with Crippen LogP contribution in [0.15, 0.2) is 27.8 Å². The topological polar surface area (TPSA) is 64.8 Å². The van der Waals surface area contributed by atoms with Crippen molar-refractivity contribution in [3.05, 3.63) is 27.7 Å². The second-order valence-corrected chi connectivity index (χ2v) is 7.87. The smallest absolute Gasteiger partial charge is 0.296 e. The second-order valence-electron chi connectivity index (χ2n) is 4.05. The number of hydrogen-bond acceptors (Lipinski definition) is 4. The summed E-state index contributed by atoms with van der Waals surface area (Å²) in [4.78, 5) is 0. The molecule has 0 fully saturated rings. The van der Waals surface area contributed by atoms with Gasteiger partial charge in [0.25, 0.3) is 14.2 Å². The SMILES string of the molecule is CCCn1c(-c2cc(Cl)cc(Br)c2)nnc1S(=O)(=O)Cl. The lowest BCUT2D eigenvalue weighted by Gasteiger charge is -2.08. The fraction of sp³-hybridized carbons (Fsp3) is 0.273. The Morgan fingerprint density at radius 2 is 2.00 bits per heavy atom. The normalized spacial score (nSPS) is 11.8. The third-order valence-electron chi connectivity index (χ3n) is 2.50. The monoisotopic (exact) mass is 397 g/mol. The molecule has 0 N–H and O–H groups in total. The van der Waals surface area contributed by atoms with Crippen LogP contribution >= 0.6 is 38.2 Å². The molecule has 2 aromatic rings. The molecule has 9 heteroatoms. The van der Waals surface area contributed by atoms with E-state index in [-0.39, 0.29) is 5.16 Å². The van der Waals surface area contributed by atoms with Gasteiger partial charge < -0.3 is 0 Å². The van der Waals surface area contributed by atoms with Crippen LogP contribution in [0.25, 0.3) is 11.4 Å². The van der Waals surface area contributed by atoms with E-state index in [0.717, 1.165) is 4.47 Å². The standard InChI is InChI=1S/C11H10BrCl2N3O2S/c1-2-3-17-10(15-16-11(17)20(14,18)19)7-4-8(12)6-9(13)5-7/h4-6H,2-3H2,1H3. The van der Waals surface area contributed by atoms with Crippen LogP contribution < -0.4 is 0 Å². The maximum Gasteiger partial charge on any atom is 0.296 e. The Labute approximate surface area is 134 Å². The maximum atomic E-state index is 11.5. The van der Waals surface area contributed by atoms with Gasteiger partial charge >= 0.3 is 0 Å². The van der Waals surface area contributed by atoms with Gasteiger partial charge in [-0.15, -0.1) is 10.2 Å². The molecule has 0 amide bonds. The van der Waals surface area contributed by atoms with E-state index < -0.39 is 9.05 Å². The summed E-state index contributed by atoms with van der Waals surface area (Å²) in [7, 11) is 1.43. The highest BCUT2D eigenvalue weighted by Gasteiger charge is 2.23. The van der Waals surface area contributed by atoms with Crippen molar-refractivity contribution in [3.63, 3.8) is 0 Å². The molecule has 0 aliphatic carbocycles. The molecule has 1 heterocycles. The molecule has 0 aliphatic heterocycles. The minimum atomic E-state index is -3.95. The van der Waals surface area contributed by atoms with Crippen LogP contribution in [0.3, 0.4) is 0 Å². The summed E-state index contributed by atoms with van der Waals surface area (Å²) in [6.45, 7) is 2.36. The van der Waals surface area contributed by atoms with E-state index in [4.69, 9.17) is 22.3 Å². The fourth-order valence-corrected chi connectivity index (χ4v) is 3.57. The summed E-state index contributed by atoms with van der Waals surface area (Å²) in [5, 5.41) is 7.85. The molecule has 1 aromatic heterocycles. The molecule has 0 aliphatic rings. The molecule has 0 saturated carbocycles. The van der Waals surface area contributed by atoms with Gasteiger partial charge in [0.05, 0.1) is 0 Å². The van der Waals surface area contributed by atoms with Gasteiger partial charge in [-0.3, -0.25) is 4.57 Å². The van der Waals surface area contributed by atoms with Gasteiger partial charge in [-0.1, -0.05) is 34.5 Å². The Hall–Kier alpha value is -0.630. The Morgan fingerprint density at radius 3 is 2.55 bits per heavy atom. The molecular formula is C11H10BrCl2N3O2S. The highest BCUT2D eigenvalue weighted by atomic mass is 79.9. The van der Waals surface area contributed by atoms with Crippen LogP contribution in [0, 0.1) is 0 Å². The molecule has 0 radical (unpaired) electrons. The first-order chi connectivity index (χ1) is 9.32. The number of aromatic nitrogens is 3. The predicted molar refractivity (Wildman–Crippen MR) is 81.5 cm³/mol. The Balaban J connectivity index is 2.65. The first kappa shape index (κ1) is 15.8. The highest BCUT2D eigenvalue weighted by Crippen LogP contribution is 2.28. The van der Waals surface area contributed by atoms with E-state index in [0.29, 0.717) is 29.4 Å². The first-order valence-electron chi connectivity index (χ1n) is 5.67. The van der Waals surface area contributed by atoms with E-state index in [1.807, 2.05) is 6.92 Å². The van der Waals surface area contributed by atoms with Crippen LogP contribution in [0.2, 0.25) is 5.02 Å². The highest BCUT2D eigenvalue weighted by molar-refractivity contribution is 9.10. The van der Waals surface area contributed by atoms with Crippen molar-refractivity contribution < 1.29 is 8.42 Å². The predicted octanol–water partition coefficient (Wildman–Crippen LogP) is 3.70. The molecule has 0 saturated heterocycles. The Morgan fingerprint density at radius 1 is 1.30 bits per heavy atom. The lowest BCUT2D eigenvalue weighted by Crippen LogP contribution is -2.07. The van der Waals surface area contributed by atoms with Crippen LogP contribution in [-0.2, 0) is 15.6 Å². The lowest BCUT2D eigenvalue weighted by molar-refractivity contribution is 0.570. The molecule has 0 atom stereocenters. The van der Waals surface area contributed by atoms with Crippen LogP contribution in [-0.4, -0.2) is 23.2 Å². The first-order valence-corrected chi connectivity index (χ1v) is 9.15. The number of halogens is 3. The quantitative estimate of drug-likeness (QED) is 0.736. The van der Waals surface area contributed by atoms with Crippen molar-refractivity contribution in [1.82, 2.24) is 14.8 Å². The Kier molecular flexibility index (Phi) is 4.73. The van der Waals surface area contributed by atoms with E-state index in [1.54, 1.807) is 18.2 Å². The number of hydrogen-bond donors (Lipinski definition) is 0. The van der Waals surface area contributed by atoms with Crippen molar-refractivity contribution in [1.29, 1.82) is 0 Å². The van der Waals surface area contributed by atoms with Crippen LogP contribution in [0.4, 0.5) is 0 Å². The molecule has 1 aromatic carbocycles. The zero-order chi connectivity index (χ0) is 14.9. The molecule has 0 spiro atoms. The van der Waals surface area contributed by atoms with Gasteiger partial charge in [0.1, 0.15) is 0 Å². The molecule has 5 nitrogen and oxygen atoms in total. The lowest BCUT2D eigenvalue weighted by atomic mass is 10.2. The fourth-order valence-electron chi connectivity index (χ4n) is 1.79. The number of nitrogens with zero attached hydrogens (tertiary/aromatic N) is 3. The zero-order valence-corrected chi connectivity index (χ0v) is 14.3. The average Bonchev–Trinajstić information content (AvgIpc) is 2.71. The second kappa shape index (κ2) is 6.01. The molecule has 0 unspecified atom stereocenters. The number of rotatable bonds is 4. The van der Waals surface area contributed by atoms with Crippen LogP contribution in [0.1, 0.15) is 13.3 Å². The summed E-state index contributed by atoms with van der Waals surface area (Å²) in [5.41, 5.74) is 0.664. The van der Waals surface area contributed by atoms with Crippen molar-refractivity contribution in [2.45, 2.75) is 25.0 Å². The van der Waals surface area contributed by atoms with Crippen molar-refractivity contribution in [3.8, 4) is 11.4 Å². The van der Waals surface area contributed by atoms with Gasteiger partial charge in [0.2, 0.25) is 0 Å². The molecule has 20 heavy (non-hydrogen) atoms. The van der Waals surface area contributed by atoms with E-state index in [2.05, 4.69) is 26.1 Å². The number of benzene rings is 1. The summed E-state index contributed by atoms with van der Waals surface area (Å²) in [6, 6.07) is 5.20. The summed E-state index contributed by atoms with van der Waals surface area (Å²) >= 11 is 9.33. The average molecular weight is 399 g/mol. The van der Waals surface area contributed by atoms with E-state index in [1.165, 1.54) is 4.57 Å². The van der Waals surface area contributed by atoms with Gasteiger partial charge in [-0.2, -0.15) is 0 Å². The summed E-state index contributed by atoms with van der Waals surface area (Å²) < 4.78 is 25.3. The third kappa shape index (κ3) is 3.33. The van der Waals surface area contributed by atoms with Gasteiger partial charge in [0, 0.05) is 32.3 Å². The van der Waals surface area contributed by atoms with Gasteiger partial charge in [-0.25, -0.2) is 8.42 Å². The maximum absolute atomic E-state index is 11.5. The van der Waals surface area contributed by atoms with Crippen molar-refractivity contribution >= 4 is 47.3 Å². The Bertz CT molecular complexity index is 726. The zero-order valence-electron chi connectivity index (χ0n) is 10.3.